The normalized spacial score (nSPS) is 35.5. The fourth-order valence-electron chi connectivity index (χ4n) is 6.23. The van der Waals surface area contributed by atoms with Gasteiger partial charge in [0, 0.05) is 34.7 Å². The second-order valence-corrected chi connectivity index (χ2v) is 10.8. The molecule has 4 fully saturated rings. The summed E-state index contributed by atoms with van der Waals surface area (Å²) in [6.45, 7) is 0. The van der Waals surface area contributed by atoms with E-state index in [1.165, 1.54) is 0 Å². The van der Waals surface area contributed by atoms with Gasteiger partial charge in [0.15, 0.2) is 6.10 Å². The smallest absolute Gasteiger partial charge is 0.480 e. The molecule has 1 aromatic heterocycles. The number of hydrogen-bond donors (Lipinski definition) is 2. The number of rotatable bonds is 5. The first kappa shape index (κ1) is 23.1. The number of ether oxygens (including phenoxy) is 2. The van der Waals surface area contributed by atoms with Gasteiger partial charge in [-0.25, -0.2) is 4.68 Å². The number of hydrogen-bond acceptors (Lipinski definition) is 6. The average Bonchev–Trinajstić information content (AvgIpc) is 3.38. The van der Waals surface area contributed by atoms with Crippen LogP contribution in [0.4, 0.5) is 13.2 Å². The van der Waals surface area contributed by atoms with Gasteiger partial charge < -0.3 is 15.2 Å². The molecule has 4 saturated carbocycles. The van der Waals surface area contributed by atoms with E-state index in [0.29, 0.717) is 54.1 Å². The quantitative estimate of drug-likeness (QED) is 0.633. The zero-order valence-electron chi connectivity index (χ0n) is 18.6. The molecule has 2 bridgehead atoms. The van der Waals surface area contributed by atoms with Crippen LogP contribution in [-0.2, 0) is 15.1 Å². The van der Waals surface area contributed by atoms with Crippen LogP contribution < -0.4 is 10.1 Å². The van der Waals surface area contributed by atoms with E-state index in [1.807, 2.05) is 6.20 Å². The van der Waals surface area contributed by atoms with Crippen LogP contribution in [0.2, 0.25) is 5.02 Å². The molecular formula is C23H24ClF3N4O4. The number of carbonyl (C=O) groups excluding carboxylic acids is 1. The van der Waals surface area contributed by atoms with Crippen molar-refractivity contribution >= 4 is 17.5 Å². The van der Waals surface area contributed by atoms with Crippen molar-refractivity contribution < 1.29 is 32.5 Å². The first-order valence-corrected chi connectivity index (χ1v) is 12.0. The molecule has 0 spiro atoms. The summed E-state index contributed by atoms with van der Waals surface area (Å²) in [6.07, 6.45) is -1.85. The van der Waals surface area contributed by atoms with Gasteiger partial charge in [-0.15, -0.1) is 18.3 Å². The van der Waals surface area contributed by atoms with Gasteiger partial charge in [0.2, 0.25) is 0 Å². The maximum absolute atomic E-state index is 12.9. The van der Waals surface area contributed by atoms with Crippen LogP contribution in [0, 0.1) is 0 Å². The Balaban J connectivity index is 1.04. The molecule has 2 heterocycles. The molecule has 1 amide bonds. The molecule has 1 aromatic carbocycles. The lowest BCUT2D eigenvalue weighted by Crippen LogP contribution is -2.79. The minimum absolute atomic E-state index is 0.107. The Morgan fingerprint density at radius 2 is 2.03 bits per heavy atom. The Kier molecular flexibility index (Phi) is 5.15. The number of alkyl halides is 3. The molecule has 188 valence electrons. The van der Waals surface area contributed by atoms with Crippen molar-refractivity contribution in [3.8, 4) is 5.75 Å². The summed E-state index contributed by atoms with van der Waals surface area (Å²) in [4.78, 5) is 12.9. The summed E-state index contributed by atoms with van der Waals surface area (Å²) in [5.41, 5.74) is 0.697. The predicted octanol–water partition coefficient (Wildman–Crippen LogP) is 3.74. The monoisotopic (exact) mass is 512 g/mol. The Morgan fingerprint density at radius 3 is 2.77 bits per heavy atom. The molecule has 0 unspecified atom stereocenters. The van der Waals surface area contributed by atoms with Crippen molar-refractivity contribution in [2.75, 3.05) is 0 Å². The molecule has 2 N–H and O–H groups in total. The number of aliphatic hydroxyl groups excluding tert-OH is 1. The Labute approximate surface area is 203 Å². The summed E-state index contributed by atoms with van der Waals surface area (Å²) < 4.78 is 49.3. The maximum atomic E-state index is 12.9. The van der Waals surface area contributed by atoms with Gasteiger partial charge in [-0.3, -0.25) is 9.53 Å². The topological polar surface area (TPSA) is 98.5 Å². The van der Waals surface area contributed by atoms with E-state index in [1.54, 1.807) is 22.9 Å². The molecule has 35 heavy (non-hydrogen) atoms. The molecule has 7 rings (SSSR count). The van der Waals surface area contributed by atoms with E-state index < -0.39 is 24.7 Å². The highest BCUT2D eigenvalue weighted by Gasteiger charge is 2.70. The minimum Gasteiger partial charge on any atom is -0.480 e. The molecule has 0 saturated heterocycles. The second-order valence-electron chi connectivity index (χ2n) is 10.3. The molecule has 4 atom stereocenters. The van der Waals surface area contributed by atoms with Crippen molar-refractivity contribution in [3.05, 3.63) is 40.7 Å². The van der Waals surface area contributed by atoms with E-state index in [0.717, 1.165) is 0 Å². The number of aliphatic hydroxyl groups is 1. The number of nitrogens with one attached hydrogen (secondary N) is 1. The third-order valence-corrected chi connectivity index (χ3v) is 8.06. The highest BCUT2D eigenvalue weighted by Crippen LogP contribution is 2.65. The number of halogens is 4. The summed E-state index contributed by atoms with van der Waals surface area (Å²) in [6, 6.07) is 4.95. The summed E-state index contributed by atoms with van der Waals surface area (Å²) in [5.74, 6) is 0.0796. The first-order chi connectivity index (χ1) is 16.5. The zero-order chi connectivity index (χ0) is 24.6. The predicted molar refractivity (Wildman–Crippen MR) is 116 cm³/mol. The second kappa shape index (κ2) is 7.81. The maximum Gasteiger partial charge on any atom is 0.522 e. The van der Waals surface area contributed by atoms with Crippen LogP contribution in [0.1, 0.15) is 68.2 Å². The van der Waals surface area contributed by atoms with Crippen molar-refractivity contribution in [2.45, 2.75) is 86.6 Å². The van der Waals surface area contributed by atoms with E-state index >= 15 is 0 Å². The number of amides is 1. The fraction of sp³-hybridized carbons (Fsp3) is 0.609. The van der Waals surface area contributed by atoms with Gasteiger partial charge in [0.25, 0.3) is 5.91 Å². The molecule has 4 aliphatic carbocycles. The standard InChI is InChI=1S/C23H24ClF3N4O4/c24-13-2-4-18-15(6-13)17(32)7-19(34-18)20(33)28-21-9-22(10-21,11-21)31-8-16(29-30-31)12-1-3-14(5-12)35-23(25,26)27/h2,4,6,8,12,14,17,19,32H,1,3,5,7,9-11H2,(H,28,33)/t12-,14-,17-,19-,21?,22?/m1/s1. The van der Waals surface area contributed by atoms with E-state index in [2.05, 4.69) is 20.4 Å². The molecule has 2 aromatic rings. The average molecular weight is 513 g/mol. The Bertz CT molecular complexity index is 1150. The van der Waals surface area contributed by atoms with Crippen LogP contribution in [-0.4, -0.2) is 50.1 Å². The van der Waals surface area contributed by atoms with Crippen molar-refractivity contribution in [1.29, 1.82) is 0 Å². The number of fused-ring (bicyclic) bond motifs is 1. The number of aromatic nitrogens is 3. The molecule has 0 radical (unpaired) electrons. The first-order valence-electron chi connectivity index (χ1n) is 11.7. The lowest BCUT2D eigenvalue weighted by molar-refractivity contribution is -0.341. The summed E-state index contributed by atoms with van der Waals surface area (Å²) in [7, 11) is 0. The number of carbonyl (C=O) groups is 1. The van der Waals surface area contributed by atoms with Crippen LogP contribution in [0.15, 0.2) is 24.4 Å². The molecule has 12 heteroatoms. The minimum atomic E-state index is -4.63. The summed E-state index contributed by atoms with van der Waals surface area (Å²) >= 11 is 5.99. The van der Waals surface area contributed by atoms with Crippen molar-refractivity contribution in [3.63, 3.8) is 0 Å². The lowest BCUT2D eigenvalue weighted by atomic mass is 9.44. The Hall–Kier alpha value is -2.37. The number of nitrogens with zero attached hydrogens (tertiary/aromatic N) is 3. The van der Waals surface area contributed by atoms with Gasteiger partial charge in [-0.05, 0) is 56.7 Å². The van der Waals surface area contributed by atoms with Crippen LogP contribution in [0.3, 0.4) is 0 Å². The third kappa shape index (κ3) is 4.07. The number of benzene rings is 1. The summed E-state index contributed by atoms with van der Waals surface area (Å²) in [5, 5.41) is 22.5. The molecule has 5 aliphatic rings. The van der Waals surface area contributed by atoms with Crippen molar-refractivity contribution in [1.82, 2.24) is 20.3 Å². The lowest BCUT2D eigenvalue weighted by Gasteiger charge is -2.69. The SMILES string of the molecule is O=C(NC12CC(n3cc([C@@H]4CC[C@@H](OC(F)(F)F)C4)nn3)(C1)C2)[C@H]1C[C@@H](O)c2cc(Cl)ccc2O1. The van der Waals surface area contributed by atoms with Crippen LogP contribution in [0.25, 0.3) is 0 Å². The highest BCUT2D eigenvalue weighted by atomic mass is 35.5. The largest absolute Gasteiger partial charge is 0.522 e. The van der Waals surface area contributed by atoms with Gasteiger partial charge >= 0.3 is 6.36 Å². The van der Waals surface area contributed by atoms with Gasteiger partial charge in [0.05, 0.1) is 23.4 Å². The highest BCUT2D eigenvalue weighted by molar-refractivity contribution is 6.30. The molecular weight excluding hydrogens is 489 g/mol. The van der Waals surface area contributed by atoms with E-state index in [4.69, 9.17) is 16.3 Å². The fourth-order valence-corrected chi connectivity index (χ4v) is 6.41. The van der Waals surface area contributed by atoms with Crippen LogP contribution >= 0.6 is 11.6 Å². The van der Waals surface area contributed by atoms with Crippen molar-refractivity contribution in [2.24, 2.45) is 0 Å². The van der Waals surface area contributed by atoms with E-state index in [-0.39, 0.29) is 35.7 Å². The van der Waals surface area contributed by atoms with Gasteiger partial charge in [-0.1, -0.05) is 16.8 Å². The Morgan fingerprint density at radius 1 is 1.26 bits per heavy atom. The third-order valence-electron chi connectivity index (χ3n) is 7.82. The van der Waals surface area contributed by atoms with E-state index in [9.17, 15) is 23.1 Å². The molecule has 8 nitrogen and oxygen atoms in total. The molecule has 1 aliphatic heterocycles. The van der Waals surface area contributed by atoms with Gasteiger partial charge in [-0.2, -0.15) is 0 Å². The van der Waals surface area contributed by atoms with Crippen LogP contribution in [0.5, 0.6) is 5.75 Å². The van der Waals surface area contributed by atoms with Gasteiger partial charge in [0.1, 0.15) is 5.75 Å². The zero-order valence-corrected chi connectivity index (χ0v) is 19.3.